The highest BCUT2D eigenvalue weighted by atomic mass is 16.3. The molecule has 0 aliphatic rings. The third-order valence-corrected chi connectivity index (χ3v) is 2.40. The van der Waals surface area contributed by atoms with Crippen LogP contribution in [-0.2, 0) is 0 Å². The Bertz CT molecular complexity index is 132. The minimum atomic E-state index is -0.843. The van der Waals surface area contributed by atoms with Crippen LogP contribution in [0.1, 0.15) is 40.0 Å². The number of aliphatic hydroxyl groups is 3. The minimum absolute atomic E-state index is 0.00915. The molecule has 0 rings (SSSR count). The fourth-order valence-electron chi connectivity index (χ4n) is 1.16. The summed E-state index contributed by atoms with van der Waals surface area (Å²) in [5, 5.41) is 27.8. The van der Waals surface area contributed by atoms with E-state index < -0.39 is 5.60 Å². The quantitative estimate of drug-likeness (QED) is 0.583. The lowest BCUT2D eigenvalue weighted by Gasteiger charge is -2.24. The van der Waals surface area contributed by atoms with Crippen molar-refractivity contribution >= 4 is 0 Å². The first-order chi connectivity index (χ1) is 5.89. The largest absolute Gasteiger partial charge is 0.396 e. The van der Waals surface area contributed by atoms with Crippen LogP contribution in [0.15, 0.2) is 0 Å². The molecule has 0 radical (unpaired) electrons. The van der Waals surface area contributed by atoms with Crippen LogP contribution in [0.5, 0.6) is 0 Å². The summed E-state index contributed by atoms with van der Waals surface area (Å²) in [5.41, 5.74) is -0.843. The highest BCUT2D eigenvalue weighted by Gasteiger charge is 2.21. The Balaban J connectivity index is 3.73. The lowest BCUT2D eigenvalue weighted by Crippen LogP contribution is -2.28. The van der Waals surface area contributed by atoms with Gasteiger partial charge >= 0.3 is 0 Å². The highest BCUT2D eigenvalue weighted by Crippen LogP contribution is 2.19. The molecule has 2 atom stereocenters. The summed E-state index contributed by atoms with van der Waals surface area (Å²) in [7, 11) is 0. The number of aliphatic hydroxyl groups excluding tert-OH is 2. The Kier molecular flexibility index (Phi) is 5.53. The molecule has 3 nitrogen and oxygen atoms in total. The molecule has 0 saturated carbocycles. The van der Waals surface area contributed by atoms with Crippen LogP contribution in [0.2, 0.25) is 0 Å². The molecular formula is C10H22O3. The van der Waals surface area contributed by atoms with Gasteiger partial charge in [-0.3, -0.25) is 0 Å². The molecule has 13 heavy (non-hydrogen) atoms. The van der Waals surface area contributed by atoms with Crippen molar-refractivity contribution in [1.29, 1.82) is 0 Å². The van der Waals surface area contributed by atoms with E-state index in [1.807, 2.05) is 13.8 Å². The van der Waals surface area contributed by atoms with E-state index in [0.29, 0.717) is 19.3 Å². The van der Waals surface area contributed by atoms with E-state index in [9.17, 15) is 10.2 Å². The zero-order valence-electron chi connectivity index (χ0n) is 8.82. The van der Waals surface area contributed by atoms with Crippen LogP contribution in [0, 0.1) is 5.92 Å². The Morgan fingerprint density at radius 2 is 1.77 bits per heavy atom. The number of hydrogen-bond acceptors (Lipinski definition) is 3. The Morgan fingerprint density at radius 3 is 2.15 bits per heavy atom. The van der Waals surface area contributed by atoms with Gasteiger partial charge in [-0.25, -0.2) is 0 Å². The molecule has 0 unspecified atom stereocenters. The minimum Gasteiger partial charge on any atom is -0.396 e. The zero-order valence-corrected chi connectivity index (χ0v) is 8.82. The van der Waals surface area contributed by atoms with Gasteiger partial charge in [0.05, 0.1) is 11.7 Å². The van der Waals surface area contributed by atoms with Gasteiger partial charge in [-0.05, 0) is 32.1 Å². The van der Waals surface area contributed by atoms with Gasteiger partial charge in [-0.2, -0.15) is 0 Å². The van der Waals surface area contributed by atoms with Crippen molar-refractivity contribution in [3.05, 3.63) is 0 Å². The molecule has 0 saturated heterocycles. The predicted octanol–water partition coefficient (Wildman–Crippen LogP) is 0.917. The molecule has 0 bridgehead atoms. The van der Waals surface area contributed by atoms with E-state index in [-0.39, 0.29) is 18.6 Å². The zero-order chi connectivity index (χ0) is 10.5. The number of hydrogen-bond donors (Lipinski definition) is 3. The fraction of sp³-hybridized carbons (Fsp3) is 1.00. The van der Waals surface area contributed by atoms with Gasteiger partial charge in [0, 0.05) is 6.61 Å². The van der Waals surface area contributed by atoms with Gasteiger partial charge < -0.3 is 15.3 Å². The van der Waals surface area contributed by atoms with Gasteiger partial charge in [0.25, 0.3) is 0 Å². The summed E-state index contributed by atoms with van der Waals surface area (Å²) < 4.78 is 0. The van der Waals surface area contributed by atoms with Gasteiger partial charge in [-0.15, -0.1) is 0 Å². The molecule has 0 aliphatic heterocycles. The molecule has 80 valence electrons. The van der Waals surface area contributed by atoms with Crippen molar-refractivity contribution < 1.29 is 15.3 Å². The van der Waals surface area contributed by atoms with Crippen LogP contribution in [0.4, 0.5) is 0 Å². The monoisotopic (exact) mass is 190 g/mol. The average molecular weight is 190 g/mol. The third-order valence-electron chi connectivity index (χ3n) is 2.40. The van der Waals surface area contributed by atoms with Crippen molar-refractivity contribution in [2.45, 2.75) is 51.7 Å². The molecule has 0 aliphatic carbocycles. The first-order valence-corrected chi connectivity index (χ1v) is 4.90. The summed E-state index contributed by atoms with van der Waals surface area (Å²) >= 11 is 0. The first kappa shape index (κ1) is 12.9. The van der Waals surface area contributed by atoms with Crippen LogP contribution in [0.3, 0.4) is 0 Å². The maximum atomic E-state index is 9.67. The molecule has 0 spiro atoms. The van der Waals surface area contributed by atoms with Crippen molar-refractivity contribution in [2.24, 2.45) is 5.92 Å². The summed E-state index contributed by atoms with van der Waals surface area (Å²) in [4.78, 5) is 0. The topological polar surface area (TPSA) is 60.7 Å². The second-order valence-corrected chi connectivity index (χ2v) is 4.32. The summed E-state index contributed by atoms with van der Waals surface area (Å²) in [6.45, 7) is 5.58. The lowest BCUT2D eigenvalue weighted by molar-refractivity contribution is 0.00546. The molecule has 3 N–H and O–H groups in total. The van der Waals surface area contributed by atoms with E-state index >= 15 is 0 Å². The fourth-order valence-corrected chi connectivity index (χ4v) is 1.16. The normalized spacial score (nSPS) is 18.7. The number of rotatable bonds is 6. The first-order valence-electron chi connectivity index (χ1n) is 4.90. The molecule has 0 aromatic rings. The van der Waals surface area contributed by atoms with Crippen LogP contribution < -0.4 is 0 Å². The van der Waals surface area contributed by atoms with Gasteiger partial charge in [0.1, 0.15) is 0 Å². The van der Waals surface area contributed by atoms with Crippen molar-refractivity contribution in [1.82, 2.24) is 0 Å². The van der Waals surface area contributed by atoms with Crippen LogP contribution in [0.25, 0.3) is 0 Å². The van der Waals surface area contributed by atoms with E-state index in [2.05, 4.69) is 0 Å². The Morgan fingerprint density at radius 1 is 1.23 bits per heavy atom. The second kappa shape index (κ2) is 5.58. The summed E-state index contributed by atoms with van der Waals surface area (Å²) in [5.74, 6) is 0.227. The maximum Gasteiger partial charge on any atom is 0.0642 e. The second-order valence-electron chi connectivity index (χ2n) is 4.32. The molecule has 0 aromatic heterocycles. The van der Waals surface area contributed by atoms with E-state index in [1.165, 1.54) is 0 Å². The average Bonchev–Trinajstić information content (AvgIpc) is 2.00. The van der Waals surface area contributed by atoms with Crippen molar-refractivity contribution in [3.8, 4) is 0 Å². The standard InChI is InChI=1S/C10H22O3/c1-8(2)9(12)4-5-10(3,13)6-7-11/h8-9,11-13H,4-7H2,1-3H3/t9-,10-/m1/s1. The molecule has 0 fully saturated rings. The SMILES string of the molecule is CC(C)[C@H](O)CC[C@@](C)(O)CCO. The lowest BCUT2D eigenvalue weighted by atomic mass is 9.92. The van der Waals surface area contributed by atoms with Crippen molar-refractivity contribution in [3.63, 3.8) is 0 Å². The van der Waals surface area contributed by atoms with Crippen molar-refractivity contribution in [2.75, 3.05) is 6.61 Å². The maximum absolute atomic E-state index is 9.67. The Hall–Kier alpha value is -0.120. The summed E-state index contributed by atoms with van der Waals surface area (Å²) in [6, 6.07) is 0. The highest BCUT2D eigenvalue weighted by molar-refractivity contribution is 4.74. The van der Waals surface area contributed by atoms with Crippen LogP contribution in [-0.4, -0.2) is 33.6 Å². The van der Waals surface area contributed by atoms with Crippen LogP contribution >= 0.6 is 0 Å². The molecule has 0 amide bonds. The predicted molar refractivity (Wildman–Crippen MR) is 52.4 cm³/mol. The van der Waals surface area contributed by atoms with E-state index in [4.69, 9.17) is 5.11 Å². The van der Waals surface area contributed by atoms with Gasteiger partial charge in [0.15, 0.2) is 0 Å². The van der Waals surface area contributed by atoms with Gasteiger partial charge in [0.2, 0.25) is 0 Å². The molecule has 0 aromatic carbocycles. The third kappa shape index (κ3) is 6.02. The Labute approximate surface area is 80.4 Å². The van der Waals surface area contributed by atoms with E-state index in [1.54, 1.807) is 6.92 Å². The molecule has 0 heterocycles. The van der Waals surface area contributed by atoms with E-state index in [0.717, 1.165) is 0 Å². The molecule has 3 heteroatoms. The van der Waals surface area contributed by atoms with Gasteiger partial charge in [-0.1, -0.05) is 13.8 Å². The summed E-state index contributed by atoms with van der Waals surface area (Å²) in [6.07, 6.45) is 1.14. The molecular weight excluding hydrogens is 168 g/mol. The smallest absolute Gasteiger partial charge is 0.0642 e.